The van der Waals surface area contributed by atoms with Gasteiger partial charge in [0, 0.05) is 18.8 Å². The fourth-order valence-corrected chi connectivity index (χ4v) is 3.15. The van der Waals surface area contributed by atoms with Crippen LogP contribution >= 0.6 is 11.8 Å². The molecule has 1 saturated heterocycles. The molecule has 4 nitrogen and oxygen atoms in total. The predicted octanol–water partition coefficient (Wildman–Crippen LogP) is 2.29. The lowest BCUT2D eigenvalue weighted by Gasteiger charge is -2.25. The van der Waals surface area contributed by atoms with Crippen molar-refractivity contribution in [3.8, 4) is 0 Å². The first-order valence-corrected chi connectivity index (χ1v) is 8.87. The summed E-state index contributed by atoms with van der Waals surface area (Å²) in [6.07, 6.45) is 8.58. The number of hydrogen-bond acceptors (Lipinski definition) is 3. The zero-order valence-electron chi connectivity index (χ0n) is 12.2. The second-order valence-corrected chi connectivity index (χ2v) is 6.22. The van der Waals surface area contributed by atoms with Crippen molar-refractivity contribution in [1.29, 1.82) is 0 Å². The number of amides is 1. The molecule has 1 amide bonds. The van der Waals surface area contributed by atoms with Gasteiger partial charge in [-0.15, -0.1) is 0 Å². The molecule has 0 atom stereocenters. The number of hydrogen-bond donors (Lipinski definition) is 2. The Morgan fingerprint density at radius 2 is 2.25 bits per heavy atom. The summed E-state index contributed by atoms with van der Waals surface area (Å²) in [5, 5.41) is 6.40. The Morgan fingerprint density at radius 1 is 1.45 bits per heavy atom. The molecule has 1 fully saturated rings. The fraction of sp³-hybridized carbons (Fsp3) is 0.667. The highest BCUT2D eigenvalue weighted by molar-refractivity contribution is 7.98. The molecular weight excluding hydrogens is 270 g/mol. The number of carbonyl (C=O) groups excluding carboxylic acids is 1. The molecule has 0 bridgehead atoms. The van der Waals surface area contributed by atoms with E-state index in [1.807, 2.05) is 30.1 Å². The molecule has 1 aliphatic heterocycles. The molecule has 1 aliphatic rings. The average Bonchev–Trinajstić information content (AvgIpc) is 2.97. The van der Waals surface area contributed by atoms with Crippen molar-refractivity contribution in [1.82, 2.24) is 15.2 Å². The number of piperidine rings is 1. The van der Waals surface area contributed by atoms with Crippen LogP contribution in [-0.4, -0.2) is 42.1 Å². The Hall–Kier alpha value is -0.940. The van der Waals surface area contributed by atoms with Crippen molar-refractivity contribution in [2.75, 3.05) is 31.6 Å². The predicted molar refractivity (Wildman–Crippen MR) is 85.5 cm³/mol. The van der Waals surface area contributed by atoms with Crippen LogP contribution in [0.25, 0.3) is 0 Å². The van der Waals surface area contributed by atoms with Gasteiger partial charge < -0.3 is 15.2 Å². The second kappa shape index (κ2) is 8.37. The van der Waals surface area contributed by atoms with Crippen molar-refractivity contribution < 1.29 is 4.79 Å². The third-order valence-electron chi connectivity index (χ3n) is 3.77. The number of aromatic nitrogens is 1. The van der Waals surface area contributed by atoms with Crippen molar-refractivity contribution >= 4 is 17.7 Å². The van der Waals surface area contributed by atoms with Crippen LogP contribution in [0, 0.1) is 0 Å². The van der Waals surface area contributed by atoms with Crippen LogP contribution < -0.4 is 10.6 Å². The molecule has 1 aromatic rings. The molecule has 20 heavy (non-hydrogen) atoms. The minimum atomic E-state index is 0.0673. The van der Waals surface area contributed by atoms with Crippen molar-refractivity contribution in [3.05, 3.63) is 24.0 Å². The molecule has 0 spiro atoms. The first-order valence-electron chi connectivity index (χ1n) is 7.47. The largest absolute Gasteiger partial charge is 0.351 e. The van der Waals surface area contributed by atoms with Crippen molar-refractivity contribution in [3.63, 3.8) is 0 Å². The lowest BCUT2D eigenvalue weighted by molar-refractivity contribution is 0.0940. The maximum atomic E-state index is 12.2. The Morgan fingerprint density at radius 3 is 3.00 bits per heavy atom. The van der Waals surface area contributed by atoms with Gasteiger partial charge in [0.05, 0.1) is 0 Å². The number of rotatable bonds is 7. The molecule has 2 heterocycles. The van der Waals surface area contributed by atoms with E-state index in [4.69, 9.17) is 0 Å². The third-order valence-corrected chi connectivity index (χ3v) is 4.47. The van der Waals surface area contributed by atoms with E-state index in [0.29, 0.717) is 6.04 Å². The maximum Gasteiger partial charge on any atom is 0.267 e. The van der Waals surface area contributed by atoms with Crippen LogP contribution in [0.5, 0.6) is 0 Å². The van der Waals surface area contributed by atoms with Gasteiger partial charge in [-0.05, 0) is 62.9 Å². The quantitative estimate of drug-likeness (QED) is 0.759. The third kappa shape index (κ3) is 4.28. The summed E-state index contributed by atoms with van der Waals surface area (Å²) in [4.78, 5) is 12.2. The Bertz CT molecular complexity index is 413. The van der Waals surface area contributed by atoms with E-state index >= 15 is 0 Å². The van der Waals surface area contributed by atoms with Gasteiger partial charge in [0.15, 0.2) is 0 Å². The van der Waals surface area contributed by atoms with Crippen LogP contribution in [0.15, 0.2) is 18.3 Å². The zero-order chi connectivity index (χ0) is 14.2. The van der Waals surface area contributed by atoms with Crippen LogP contribution in [0.2, 0.25) is 0 Å². The summed E-state index contributed by atoms with van der Waals surface area (Å²) >= 11 is 1.86. The molecular formula is C15H25N3OS. The zero-order valence-corrected chi connectivity index (χ0v) is 13.0. The summed E-state index contributed by atoms with van der Waals surface area (Å²) in [6, 6.07) is 4.37. The van der Waals surface area contributed by atoms with E-state index in [2.05, 4.69) is 21.5 Å². The lowest BCUT2D eigenvalue weighted by atomic mass is 10.1. The molecule has 5 heteroatoms. The molecule has 0 unspecified atom stereocenters. The second-order valence-electron chi connectivity index (χ2n) is 5.24. The van der Waals surface area contributed by atoms with E-state index in [-0.39, 0.29) is 5.91 Å². The standard InChI is InChI=1S/C15H25N3OS/c1-20-12-3-2-8-17-15(19)14-5-4-11-18(14)13-6-9-16-10-7-13/h4-5,11,13,16H,2-3,6-10,12H2,1H3,(H,17,19). The average molecular weight is 295 g/mol. The van der Waals surface area contributed by atoms with E-state index in [9.17, 15) is 4.79 Å². The first-order chi connectivity index (χ1) is 9.83. The molecule has 0 saturated carbocycles. The SMILES string of the molecule is CSCCCCNC(=O)c1cccn1C1CCNCC1. The number of nitrogens with zero attached hydrogens (tertiary/aromatic N) is 1. The van der Waals surface area contributed by atoms with Crippen LogP contribution in [-0.2, 0) is 0 Å². The molecule has 112 valence electrons. The normalized spacial score (nSPS) is 16.2. The first kappa shape index (κ1) is 15.4. The summed E-state index contributed by atoms with van der Waals surface area (Å²) in [5.41, 5.74) is 0.807. The van der Waals surface area contributed by atoms with Gasteiger partial charge in [0.2, 0.25) is 0 Å². The minimum Gasteiger partial charge on any atom is -0.351 e. The van der Waals surface area contributed by atoms with E-state index in [0.717, 1.165) is 51.0 Å². The molecule has 0 aliphatic carbocycles. The van der Waals surface area contributed by atoms with Gasteiger partial charge in [0.25, 0.3) is 5.91 Å². The minimum absolute atomic E-state index is 0.0673. The monoisotopic (exact) mass is 295 g/mol. The summed E-state index contributed by atoms with van der Waals surface area (Å²) in [6.45, 7) is 2.86. The number of unbranched alkanes of at least 4 members (excludes halogenated alkanes) is 1. The van der Waals surface area contributed by atoms with E-state index in [1.165, 1.54) is 5.75 Å². The van der Waals surface area contributed by atoms with Crippen molar-refractivity contribution in [2.45, 2.75) is 31.7 Å². The molecule has 0 radical (unpaired) electrons. The van der Waals surface area contributed by atoms with Gasteiger partial charge in [-0.25, -0.2) is 0 Å². The van der Waals surface area contributed by atoms with Gasteiger partial charge in [-0.1, -0.05) is 0 Å². The highest BCUT2D eigenvalue weighted by Gasteiger charge is 2.19. The van der Waals surface area contributed by atoms with Gasteiger partial charge in [0.1, 0.15) is 5.69 Å². The Kier molecular flexibility index (Phi) is 6.47. The van der Waals surface area contributed by atoms with Crippen molar-refractivity contribution in [2.24, 2.45) is 0 Å². The van der Waals surface area contributed by atoms with Crippen LogP contribution in [0.4, 0.5) is 0 Å². The highest BCUT2D eigenvalue weighted by Crippen LogP contribution is 2.21. The fourth-order valence-electron chi connectivity index (χ4n) is 2.65. The van der Waals surface area contributed by atoms with E-state index < -0.39 is 0 Å². The number of carbonyl (C=O) groups is 1. The number of nitrogens with one attached hydrogen (secondary N) is 2. The lowest BCUT2D eigenvalue weighted by Crippen LogP contribution is -2.32. The summed E-state index contributed by atoms with van der Waals surface area (Å²) < 4.78 is 2.15. The molecule has 1 aromatic heterocycles. The smallest absolute Gasteiger partial charge is 0.267 e. The van der Waals surface area contributed by atoms with Gasteiger partial charge in [-0.2, -0.15) is 11.8 Å². The van der Waals surface area contributed by atoms with Crippen LogP contribution in [0.1, 0.15) is 42.2 Å². The maximum absolute atomic E-state index is 12.2. The topological polar surface area (TPSA) is 46.1 Å². The van der Waals surface area contributed by atoms with Crippen LogP contribution in [0.3, 0.4) is 0 Å². The van der Waals surface area contributed by atoms with Gasteiger partial charge in [-0.3, -0.25) is 4.79 Å². The Labute approximate surface area is 125 Å². The van der Waals surface area contributed by atoms with Gasteiger partial charge >= 0.3 is 0 Å². The summed E-state index contributed by atoms with van der Waals surface area (Å²) in [5.74, 6) is 1.24. The molecule has 2 N–H and O–H groups in total. The number of thioether (sulfide) groups is 1. The Balaban J connectivity index is 1.85. The highest BCUT2D eigenvalue weighted by atomic mass is 32.2. The van der Waals surface area contributed by atoms with E-state index in [1.54, 1.807) is 0 Å². The molecule has 0 aromatic carbocycles. The molecule has 2 rings (SSSR count). The summed E-state index contributed by atoms with van der Waals surface area (Å²) in [7, 11) is 0.